The van der Waals surface area contributed by atoms with Gasteiger partial charge >= 0.3 is 37.1 Å². The van der Waals surface area contributed by atoms with Crippen LogP contribution in [0.4, 0.5) is 0 Å². The van der Waals surface area contributed by atoms with Gasteiger partial charge in [0.05, 0.1) is 11.9 Å². The number of aromatic nitrogens is 1. The molecule has 3 aromatic rings. The summed E-state index contributed by atoms with van der Waals surface area (Å²) in [6.07, 6.45) is 6.19. The summed E-state index contributed by atoms with van der Waals surface area (Å²) < 4.78 is 1.62. The first-order chi connectivity index (χ1) is 13.5. The Bertz CT molecular complexity index is 968. The zero-order chi connectivity index (χ0) is 20.5. The number of carboxylic acids is 1. The molecule has 0 aliphatic heterocycles. The number of aryl methyl sites for hydroxylation is 1. The predicted octanol–water partition coefficient (Wildman–Crippen LogP) is 5.24. The molecular weight excluding hydrogens is 588 g/mol. The van der Waals surface area contributed by atoms with Gasteiger partial charge in [-0.3, -0.25) is 14.2 Å². The third-order valence-corrected chi connectivity index (χ3v) is 4.20. The third kappa shape index (κ3) is 6.73. The second-order valence-electron chi connectivity index (χ2n) is 6.30. The normalized spacial score (nSPS) is 10.3. The van der Waals surface area contributed by atoms with E-state index in [1.165, 1.54) is 0 Å². The van der Waals surface area contributed by atoms with Crippen molar-refractivity contribution in [1.29, 1.82) is 0 Å². The Labute approximate surface area is 196 Å². The summed E-state index contributed by atoms with van der Waals surface area (Å²) in [5, 5.41) is 9.82. The maximum Gasteiger partial charge on any atom is 2.00 e. The Kier molecular flexibility index (Phi) is 10.7. The molecule has 0 saturated heterocycles. The first-order valence-electron chi connectivity index (χ1n) is 9.26. The second-order valence-corrected chi connectivity index (χ2v) is 6.30. The van der Waals surface area contributed by atoms with Gasteiger partial charge in [-0.05, 0) is 31.0 Å². The molecule has 148 valence electrons. The van der Waals surface area contributed by atoms with Gasteiger partial charge in [0.2, 0.25) is 5.91 Å². The molecule has 3 rings (SSSR count). The summed E-state index contributed by atoms with van der Waals surface area (Å²) in [5.41, 5.74) is 2.80. The molecule has 29 heavy (non-hydrogen) atoms. The number of allylic oxidation sites excluding steroid dienone is 2. The van der Waals surface area contributed by atoms with Crippen molar-refractivity contribution in [2.75, 3.05) is 0 Å². The molecule has 1 aromatic heterocycles. The molecule has 1 heterocycles. The van der Waals surface area contributed by atoms with Gasteiger partial charge in [-0.1, -0.05) is 30.7 Å². The average Bonchev–Trinajstić information content (AvgIpc) is 3.03. The molecule has 4 nitrogen and oxygen atoms in total. The first kappa shape index (κ1) is 24.9. The number of nitrogens with zero attached hydrogens (tertiary/aromatic N) is 1. The summed E-state index contributed by atoms with van der Waals surface area (Å²) >= 11 is 0. The number of carboxylic acid groups (broad SMARTS) is 1. The summed E-state index contributed by atoms with van der Waals surface area (Å²) in [5.74, 6) is -1.02. The molecular formula is C24H25NO3U. The van der Waals surface area contributed by atoms with E-state index in [-0.39, 0.29) is 43.4 Å². The minimum atomic E-state index is -0.886. The molecule has 2 aromatic carbocycles. The van der Waals surface area contributed by atoms with Gasteiger partial charge < -0.3 is 12.0 Å². The largest absolute Gasteiger partial charge is 2.00 e. The number of fused-ring (bicyclic) bond motifs is 1. The monoisotopic (exact) mass is 613 g/mol. The van der Waals surface area contributed by atoms with Gasteiger partial charge in [-0.2, -0.15) is 36.8 Å². The molecule has 0 bridgehead atoms. The minimum Gasteiger partial charge on any atom is -0.481 e. The Morgan fingerprint density at radius 2 is 1.86 bits per heavy atom. The van der Waals surface area contributed by atoms with Crippen molar-refractivity contribution < 1.29 is 45.8 Å². The van der Waals surface area contributed by atoms with E-state index in [0.717, 1.165) is 29.4 Å². The molecule has 0 spiro atoms. The Balaban J connectivity index is 0.000000529. The molecule has 0 radical (unpaired) electrons. The summed E-state index contributed by atoms with van der Waals surface area (Å²) in [6, 6.07) is 17.0. The molecule has 0 aliphatic carbocycles. The fraction of sp³-hybridized carbons (Fsp3) is 0.208. The van der Waals surface area contributed by atoms with Gasteiger partial charge in [0, 0.05) is 11.1 Å². The fourth-order valence-corrected chi connectivity index (χ4v) is 2.95. The van der Waals surface area contributed by atoms with Gasteiger partial charge in [-0.25, -0.2) is 0 Å². The number of rotatable bonds is 5. The van der Waals surface area contributed by atoms with Gasteiger partial charge in [0.25, 0.3) is 0 Å². The molecule has 5 heteroatoms. The van der Waals surface area contributed by atoms with Crippen LogP contribution in [-0.4, -0.2) is 21.6 Å². The van der Waals surface area contributed by atoms with Crippen molar-refractivity contribution in [2.24, 2.45) is 0 Å². The van der Waals surface area contributed by atoms with E-state index in [0.29, 0.717) is 11.1 Å². The van der Waals surface area contributed by atoms with E-state index < -0.39 is 5.97 Å². The summed E-state index contributed by atoms with van der Waals surface area (Å²) in [7, 11) is 0. The van der Waals surface area contributed by atoms with Crippen LogP contribution in [0.2, 0.25) is 0 Å². The molecule has 0 fully saturated rings. The van der Waals surface area contributed by atoms with E-state index in [4.69, 9.17) is 5.11 Å². The zero-order valence-electron chi connectivity index (χ0n) is 16.8. The predicted molar refractivity (Wildman–Crippen MR) is 112 cm³/mol. The van der Waals surface area contributed by atoms with Crippen molar-refractivity contribution in [3.8, 4) is 0 Å². The van der Waals surface area contributed by atoms with Crippen molar-refractivity contribution in [1.82, 2.24) is 4.57 Å². The van der Waals surface area contributed by atoms with E-state index in [9.17, 15) is 9.59 Å². The molecule has 0 amide bonds. The van der Waals surface area contributed by atoms with Crippen LogP contribution < -0.4 is 0 Å². The fourth-order valence-electron chi connectivity index (χ4n) is 2.95. The van der Waals surface area contributed by atoms with Crippen molar-refractivity contribution in [3.05, 3.63) is 90.5 Å². The Hall–Kier alpha value is -2.09. The van der Waals surface area contributed by atoms with E-state index in [1.54, 1.807) is 41.0 Å². The zero-order valence-corrected chi connectivity index (χ0v) is 21.0. The first-order valence-corrected chi connectivity index (χ1v) is 9.26. The van der Waals surface area contributed by atoms with Crippen LogP contribution >= 0.6 is 0 Å². The Morgan fingerprint density at radius 1 is 1.17 bits per heavy atom. The van der Waals surface area contributed by atoms with Crippen LogP contribution in [0.3, 0.4) is 0 Å². The van der Waals surface area contributed by atoms with E-state index >= 15 is 0 Å². The van der Waals surface area contributed by atoms with Crippen LogP contribution in [0.25, 0.3) is 10.9 Å². The van der Waals surface area contributed by atoms with E-state index in [1.807, 2.05) is 19.1 Å². The van der Waals surface area contributed by atoms with Crippen molar-refractivity contribution in [3.63, 3.8) is 0 Å². The molecule has 1 N–H and O–H groups in total. The summed E-state index contributed by atoms with van der Waals surface area (Å²) in [4.78, 5) is 23.7. The number of hydrogen-bond donors (Lipinski definition) is 1. The number of benzene rings is 2. The molecule has 0 aliphatic rings. The second kappa shape index (κ2) is 12.5. The maximum absolute atomic E-state index is 12.7. The Morgan fingerprint density at radius 3 is 2.41 bits per heavy atom. The maximum atomic E-state index is 12.7. The van der Waals surface area contributed by atoms with E-state index in [2.05, 4.69) is 32.1 Å². The molecule has 0 saturated carbocycles. The quantitative estimate of drug-likeness (QED) is 0.317. The van der Waals surface area contributed by atoms with Gasteiger partial charge in [0.1, 0.15) is 0 Å². The average molecular weight is 613 g/mol. The summed E-state index contributed by atoms with van der Waals surface area (Å²) in [6.45, 7) is 7.60. The van der Waals surface area contributed by atoms with Crippen molar-refractivity contribution >= 4 is 22.8 Å². The third-order valence-electron chi connectivity index (χ3n) is 4.20. The van der Waals surface area contributed by atoms with Crippen LogP contribution in [0, 0.1) is 51.0 Å². The molecule has 0 atom stereocenters. The van der Waals surface area contributed by atoms with Crippen LogP contribution in [0.15, 0.2) is 60.7 Å². The number of hydrogen-bond acceptors (Lipinski definition) is 2. The smallest absolute Gasteiger partial charge is 0.481 e. The minimum absolute atomic E-state index is 0. The number of aliphatic carboxylic acids is 1. The van der Waals surface area contributed by atoms with Crippen LogP contribution in [0.1, 0.15) is 41.4 Å². The van der Waals surface area contributed by atoms with Crippen LogP contribution in [0.5, 0.6) is 0 Å². The number of carbonyl (C=O) groups is 2. The topological polar surface area (TPSA) is 59.3 Å². The SMILES string of the molecule is Cc1cc2c(CC(=O)O)cccc2n1C(=O)c1cc[c-]cc1.[CH2-]C/C=C/CC.[U+2]. The van der Waals surface area contributed by atoms with Gasteiger partial charge in [-0.15, -0.1) is 6.08 Å². The number of carbonyl (C=O) groups excluding carboxylic acids is 1. The van der Waals surface area contributed by atoms with Gasteiger partial charge in [0.15, 0.2) is 0 Å². The molecule has 0 unspecified atom stereocenters. The standard InChI is InChI=1S/C18H14NO3.C6H11.U/c1-12-10-15-14(11-17(20)21)8-5-9-16(15)19(12)18(22)13-6-3-2-4-7-13;1-3-5-6-4-2;/h3-10H,11H2,1H3,(H,20,21);5-6H,1,3-4H2,2H3;/q2*-1;+2/b;6-5+;. The van der Waals surface area contributed by atoms with Crippen LogP contribution in [-0.2, 0) is 11.2 Å². The van der Waals surface area contributed by atoms with Crippen molar-refractivity contribution in [2.45, 2.75) is 33.1 Å².